The van der Waals surface area contributed by atoms with Crippen LogP contribution in [0.3, 0.4) is 0 Å². The first-order valence-corrected chi connectivity index (χ1v) is 9.39. The monoisotopic (exact) mass is 353 g/mol. The molecule has 1 atom stereocenters. The van der Waals surface area contributed by atoms with Gasteiger partial charge in [-0.15, -0.1) is 11.3 Å². The van der Waals surface area contributed by atoms with E-state index in [9.17, 15) is 4.79 Å². The van der Waals surface area contributed by atoms with Crippen molar-refractivity contribution in [1.82, 2.24) is 4.90 Å². The lowest BCUT2D eigenvalue weighted by Crippen LogP contribution is -2.33. The number of carbonyl (C=O) groups excluding carboxylic acids is 1. The maximum Gasteiger partial charge on any atom is 0.230 e. The van der Waals surface area contributed by atoms with Gasteiger partial charge < -0.3 is 9.64 Å². The Morgan fingerprint density at radius 1 is 1.16 bits per heavy atom. The Balaban J connectivity index is 1.81. The second-order valence-corrected chi connectivity index (χ2v) is 7.16. The van der Waals surface area contributed by atoms with E-state index in [0.29, 0.717) is 13.1 Å². The number of hydrogen-bond acceptors (Lipinski definition) is 3. The number of carbonyl (C=O) groups is 1. The molecule has 0 aliphatic carbocycles. The molecule has 0 saturated heterocycles. The highest BCUT2D eigenvalue weighted by atomic mass is 32.1. The molecule has 130 valence electrons. The highest BCUT2D eigenvalue weighted by Gasteiger charge is 2.21. The van der Waals surface area contributed by atoms with Gasteiger partial charge in [0.25, 0.3) is 0 Å². The number of fused-ring (bicyclic) bond motifs is 1. The standard InChI is InChI=1S/C21H23NO2S/c1-4-22(14-20-6-5-11-25-20)21(23)15(2)16-7-8-18-13-19(24-3)10-9-17(18)12-16/h5-13,15H,4,14H2,1-3H3/t15-/m0/s1. The van der Waals surface area contributed by atoms with Gasteiger partial charge in [-0.25, -0.2) is 0 Å². The van der Waals surface area contributed by atoms with Gasteiger partial charge in [0.2, 0.25) is 5.91 Å². The average molecular weight is 353 g/mol. The minimum atomic E-state index is -0.161. The van der Waals surface area contributed by atoms with Crippen LogP contribution in [-0.4, -0.2) is 24.5 Å². The number of methoxy groups -OCH3 is 1. The summed E-state index contributed by atoms with van der Waals surface area (Å²) < 4.78 is 5.27. The molecule has 3 aromatic rings. The Morgan fingerprint density at radius 3 is 2.60 bits per heavy atom. The van der Waals surface area contributed by atoms with Gasteiger partial charge >= 0.3 is 0 Å². The fourth-order valence-electron chi connectivity index (χ4n) is 2.99. The number of ether oxygens (including phenoxy) is 1. The van der Waals surface area contributed by atoms with E-state index in [0.717, 1.165) is 22.1 Å². The molecule has 3 nitrogen and oxygen atoms in total. The molecule has 4 heteroatoms. The maximum absolute atomic E-state index is 12.9. The first-order chi connectivity index (χ1) is 12.1. The van der Waals surface area contributed by atoms with Crippen molar-refractivity contribution in [2.75, 3.05) is 13.7 Å². The molecule has 0 aliphatic heterocycles. The van der Waals surface area contributed by atoms with E-state index in [2.05, 4.69) is 23.6 Å². The molecule has 2 aromatic carbocycles. The maximum atomic E-state index is 12.9. The van der Waals surface area contributed by atoms with Gasteiger partial charge in [0.15, 0.2) is 0 Å². The zero-order valence-electron chi connectivity index (χ0n) is 14.9. The van der Waals surface area contributed by atoms with Gasteiger partial charge in [-0.2, -0.15) is 0 Å². The molecular formula is C21H23NO2S. The van der Waals surface area contributed by atoms with Crippen LogP contribution in [-0.2, 0) is 11.3 Å². The van der Waals surface area contributed by atoms with E-state index in [4.69, 9.17) is 4.74 Å². The molecule has 0 spiro atoms. The van der Waals surface area contributed by atoms with Crippen LogP contribution in [0.1, 0.15) is 30.2 Å². The van der Waals surface area contributed by atoms with E-state index in [1.807, 2.05) is 49.1 Å². The third kappa shape index (κ3) is 3.85. The lowest BCUT2D eigenvalue weighted by molar-refractivity contribution is -0.132. The summed E-state index contributed by atoms with van der Waals surface area (Å²) in [5.74, 6) is 0.854. The summed E-state index contributed by atoms with van der Waals surface area (Å²) in [7, 11) is 1.67. The topological polar surface area (TPSA) is 29.5 Å². The molecule has 3 rings (SSSR count). The minimum absolute atomic E-state index is 0.161. The van der Waals surface area contributed by atoms with E-state index < -0.39 is 0 Å². The molecule has 0 aliphatic rings. The Morgan fingerprint density at radius 2 is 1.92 bits per heavy atom. The second-order valence-electron chi connectivity index (χ2n) is 6.13. The molecule has 0 N–H and O–H groups in total. The first kappa shape index (κ1) is 17.5. The van der Waals surface area contributed by atoms with Crippen LogP contribution >= 0.6 is 11.3 Å². The minimum Gasteiger partial charge on any atom is -0.497 e. The van der Waals surface area contributed by atoms with Crippen LogP contribution in [0.25, 0.3) is 10.8 Å². The van der Waals surface area contributed by atoms with E-state index in [1.54, 1.807) is 18.4 Å². The van der Waals surface area contributed by atoms with Crippen LogP contribution in [0.4, 0.5) is 0 Å². The Hall–Kier alpha value is -2.33. The Kier molecular flexibility index (Phi) is 5.39. The molecule has 0 radical (unpaired) electrons. The molecule has 0 fully saturated rings. The third-order valence-electron chi connectivity index (χ3n) is 4.56. The van der Waals surface area contributed by atoms with Crippen molar-refractivity contribution in [3.8, 4) is 5.75 Å². The number of hydrogen-bond donors (Lipinski definition) is 0. The summed E-state index contributed by atoms with van der Waals surface area (Å²) in [5.41, 5.74) is 1.05. The van der Waals surface area contributed by atoms with E-state index >= 15 is 0 Å². The molecule has 1 amide bonds. The lowest BCUT2D eigenvalue weighted by Gasteiger charge is -2.24. The predicted octanol–water partition coefficient (Wildman–Crippen LogP) is 5.06. The summed E-state index contributed by atoms with van der Waals surface area (Å²) in [6, 6.07) is 16.3. The number of nitrogens with zero attached hydrogens (tertiary/aromatic N) is 1. The highest BCUT2D eigenvalue weighted by molar-refractivity contribution is 7.09. The van der Waals surface area contributed by atoms with Crippen molar-refractivity contribution in [3.05, 3.63) is 64.4 Å². The van der Waals surface area contributed by atoms with Crippen LogP contribution in [0, 0.1) is 0 Å². The number of benzene rings is 2. The smallest absolute Gasteiger partial charge is 0.230 e. The number of amides is 1. The predicted molar refractivity (Wildman–Crippen MR) is 104 cm³/mol. The SMILES string of the molecule is CCN(Cc1cccs1)C(=O)[C@@H](C)c1ccc2cc(OC)ccc2c1. The summed E-state index contributed by atoms with van der Waals surface area (Å²) in [6.07, 6.45) is 0. The molecule has 1 aromatic heterocycles. The zero-order valence-corrected chi connectivity index (χ0v) is 15.7. The van der Waals surface area contributed by atoms with Crippen molar-refractivity contribution in [2.24, 2.45) is 0 Å². The average Bonchev–Trinajstić information content (AvgIpc) is 3.17. The summed E-state index contributed by atoms with van der Waals surface area (Å²) >= 11 is 1.69. The molecule has 0 bridgehead atoms. The fraction of sp³-hybridized carbons (Fsp3) is 0.286. The number of thiophene rings is 1. The van der Waals surface area contributed by atoms with Crippen LogP contribution in [0.15, 0.2) is 53.9 Å². The number of rotatable bonds is 6. The quantitative estimate of drug-likeness (QED) is 0.620. The van der Waals surface area contributed by atoms with Crippen molar-refractivity contribution in [1.29, 1.82) is 0 Å². The zero-order chi connectivity index (χ0) is 17.8. The molecule has 25 heavy (non-hydrogen) atoms. The lowest BCUT2D eigenvalue weighted by atomic mass is 9.96. The molecular weight excluding hydrogens is 330 g/mol. The van der Waals surface area contributed by atoms with Gasteiger partial charge in [-0.05, 0) is 53.8 Å². The number of likely N-dealkylation sites (N-methyl/N-ethyl adjacent to an activating group) is 1. The largest absolute Gasteiger partial charge is 0.497 e. The van der Waals surface area contributed by atoms with Crippen molar-refractivity contribution >= 4 is 28.0 Å². The van der Waals surface area contributed by atoms with E-state index in [-0.39, 0.29) is 11.8 Å². The van der Waals surface area contributed by atoms with Gasteiger partial charge in [-0.1, -0.05) is 30.3 Å². The highest BCUT2D eigenvalue weighted by Crippen LogP contribution is 2.26. The molecule has 1 heterocycles. The molecule has 0 saturated carbocycles. The van der Waals surface area contributed by atoms with Gasteiger partial charge in [-0.3, -0.25) is 4.79 Å². The summed E-state index contributed by atoms with van der Waals surface area (Å²) in [6.45, 7) is 5.42. The van der Waals surface area contributed by atoms with Crippen LogP contribution < -0.4 is 4.74 Å². The van der Waals surface area contributed by atoms with Crippen LogP contribution in [0.2, 0.25) is 0 Å². The summed E-state index contributed by atoms with van der Waals surface area (Å²) in [5, 5.41) is 4.29. The summed E-state index contributed by atoms with van der Waals surface area (Å²) in [4.78, 5) is 16.1. The molecule has 0 unspecified atom stereocenters. The van der Waals surface area contributed by atoms with Gasteiger partial charge in [0, 0.05) is 11.4 Å². The van der Waals surface area contributed by atoms with E-state index in [1.165, 1.54) is 4.88 Å². The van der Waals surface area contributed by atoms with Gasteiger partial charge in [0.05, 0.1) is 19.6 Å². The first-order valence-electron chi connectivity index (χ1n) is 8.51. The van der Waals surface area contributed by atoms with Crippen molar-refractivity contribution in [2.45, 2.75) is 26.3 Å². The van der Waals surface area contributed by atoms with Gasteiger partial charge in [0.1, 0.15) is 5.75 Å². The Labute approximate surface area is 152 Å². The third-order valence-corrected chi connectivity index (χ3v) is 5.42. The van der Waals surface area contributed by atoms with Crippen LogP contribution in [0.5, 0.6) is 5.75 Å². The fourth-order valence-corrected chi connectivity index (χ4v) is 3.71. The normalized spacial score (nSPS) is 12.1. The van der Waals surface area contributed by atoms with Crippen molar-refractivity contribution < 1.29 is 9.53 Å². The second kappa shape index (κ2) is 7.70. The Bertz CT molecular complexity index is 857. The van der Waals surface area contributed by atoms with Crippen molar-refractivity contribution in [3.63, 3.8) is 0 Å².